The maximum Gasteiger partial charge on any atom is 0.0280 e. The van der Waals surface area contributed by atoms with Gasteiger partial charge >= 0.3 is 0 Å². The molecular formula is C9H16ClN. The smallest absolute Gasteiger partial charge is 0.0280 e. The fourth-order valence-corrected chi connectivity index (χ4v) is 1.33. The normalized spacial score (nSPS) is 26.5. The third-order valence-electron chi connectivity index (χ3n) is 2.20. The third kappa shape index (κ3) is 2.35. The number of piperidine rings is 1. The van der Waals surface area contributed by atoms with Crippen molar-refractivity contribution >= 4 is 12.4 Å². The lowest BCUT2D eigenvalue weighted by Crippen LogP contribution is -2.36. The number of likely N-dealkylation sites (tertiary alicyclic amines) is 1. The largest absolute Gasteiger partial charge is 0.296 e. The van der Waals surface area contributed by atoms with E-state index in [1.807, 2.05) is 0 Å². The Balaban J connectivity index is 0.000001000. The van der Waals surface area contributed by atoms with Gasteiger partial charge in [0.25, 0.3) is 0 Å². The molecule has 1 heterocycles. The average molecular weight is 174 g/mol. The molecule has 1 aliphatic rings. The molecule has 1 rings (SSSR count). The zero-order valence-electron chi connectivity index (χ0n) is 7.26. The summed E-state index contributed by atoms with van der Waals surface area (Å²) in [6, 6.07) is 0.533. The van der Waals surface area contributed by atoms with Crippen LogP contribution < -0.4 is 0 Å². The predicted molar refractivity (Wildman–Crippen MR) is 52.2 cm³/mol. The number of nitrogens with zero attached hydrogens (tertiary/aromatic N) is 1. The highest BCUT2D eigenvalue weighted by Gasteiger charge is 2.19. The van der Waals surface area contributed by atoms with Crippen LogP contribution >= 0.6 is 12.4 Å². The molecule has 2 heteroatoms. The predicted octanol–water partition coefficient (Wildman–Crippen LogP) is 2.24. The van der Waals surface area contributed by atoms with E-state index in [-0.39, 0.29) is 12.4 Å². The van der Waals surface area contributed by atoms with Crippen molar-refractivity contribution in [2.24, 2.45) is 0 Å². The summed E-state index contributed by atoms with van der Waals surface area (Å²) in [5, 5.41) is 0. The van der Waals surface area contributed by atoms with Crippen molar-refractivity contribution in [3.8, 4) is 0 Å². The molecule has 0 N–H and O–H groups in total. The van der Waals surface area contributed by atoms with Gasteiger partial charge in [0.1, 0.15) is 0 Å². The van der Waals surface area contributed by atoms with Crippen LogP contribution in [-0.4, -0.2) is 24.5 Å². The monoisotopic (exact) mass is 173 g/mol. The molecule has 0 aliphatic carbocycles. The van der Waals surface area contributed by atoms with Gasteiger partial charge in [-0.05, 0) is 20.4 Å². The van der Waals surface area contributed by atoms with Crippen molar-refractivity contribution in [3.63, 3.8) is 0 Å². The van der Waals surface area contributed by atoms with Gasteiger partial charge in [0.15, 0.2) is 0 Å². The van der Waals surface area contributed by atoms with E-state index in [4.69, 9.17) is 0 Å². The van der Waals surface area contributed by atoms with Crippen molar-refractivity contribution in [1.29, 1.82) is 0 Å². The summed E-state index contributed by atoms with van der Waals surface area (Å²) in [6.45, 7) is 11.2. The molecule has 1 fully saturated rings. The molecule has 64 valence electrons. The van der Waals surface area contributed by atoms with Crippen LogP contribution in [0.4, 0.5) is 0 Å². The Morgan fingerprint density at radius 2 is 2.00 bits per heavy atom. The van der Waals surface area contributed by atoms with Crippen molar-refractivity contribution in [1.82, 2.24) is 4.90 Å². The Morgan fingerprint density at radius 3 is 2.45 bits per heavy atom. The zero-order chi connectivity index (χ0) is 7.72. The minimum Gasteiger partial charge on any atom is -0.296 e. The van der Waals surface area contributed by atoms with E-state index in [1.165, 1.54) is 11.1 Å². The molecule has 1 atom stereocenters. The van der Waals surface area contributed by atoms with E-state index in [0.717, 1.165) is 13.0 Å². The summed E-state index contributed by atoms with van der Waals surface area (Å²) in [6.07, 6.45) is 1.02. The summed E-state index contributed by atoms with van der Waals surface area (Å²) in [7, 11) is 2.11. The van der Waals surface area contributed by atoms with Crippen LogP contribution in [0.5, 0.6) is 0 Å². The third-order valence-corrected chi connectivity index (χ3v) is 2.20. The molecule has 1 saturated heterocycles. The van der Waals surface area contributed by atoms with Gasteiger partial charge in [-0.15, -0.1) is 12.4 Å². The molecule has 0 radical (unpaired) electrons. The number of rotatable bonds is 0. The average Bonchev–Trinajstić information content (AvgIpc) is 1.82. The first-order valence-electron chi connectivity index (χ1n) is 3.66. The van der Waals surface area contributed by atoms with Crippen LogP contribution in [0.1, 0.15) is 13.3 Å². The molecule has 0 saturated carbocycles. The number of halogens is 1. The maximum atomic E-state index is 3.99. The van der Waals surface area contributed by atoms with Crippen molar-refractivity contribution < 1.29 is 0 Å². The van der Waals surface area contributed by atoms with Gasteiger partial charge in [0, 0.05) is 12.6 Å². The SMILES string of the molecule is C=C1CC(=C)C(C)N(C)C1.Cl. The van der Waals surface area contributed by atoms with Crippen molar-refractivity contribution in [2.45, 2.75) is 19.4 Å². The molecule has 1 unspecified atom stereocenters. The standard InChI is InChI=1S/C9H15N.ClH/c1-7-5-8(2)9(3)10(4)6-7;/h9H,1-2,5-6H2,3-4H3;1H. The molecule has 0 amide bonds. The lowest BCUT2D eigenvalue weighted by atomic mass is 9.96. The molecule has 11 heavy (non-hydrogen) atoms. The first-order chi connectivity index (χ1) is 4.61. The van der Waals surface area contributed by atoms with Crippen LogP contribution in [0, 0.1) is 0 Å². The maximum absolute atomic E-state index is 3.99. The molecule has 0 bridgehead atoms. The zero-order valence-corrected chi connectivity index (χ0v) is 8.08. The van der Waals surface area contributed by atoms with Crippen LogP contribution in [0.25, 0.3) is 0 Å². The van der Waals surface area contributed by atoms with Gasteiger partial charge in [-0.3, -0.25) is 4.90 Å². The highest BCUT2D eigenvalue weighted by Crippen LogP contribution is 2.21. The molecule has 0 aromatic carbocycles. The van der Waals surface area contributed by atoms with Crippen LogP contribution in [0.2, 0.25) is 0 Å². The summed E-state index contributed by atoms with van der Waals surface area (Å²) in [5.41, 5.74) is 2.57. The van der Waals surface area contributed by atoms with E-state index < -0.39 is 0 Å². The molecule has 0 spiro atoms. The second kappa shape index (κ2) is 3.93. The Bertz CT molecular complexity index is 174. The van der Waals surface area contributed by atoms with Crippen molar-refractivity contribution in [2.75, 3.05) is 13.6 Å². The van der Waals surface area contributed by atoms with E-state index in [0.29, 0.717) is 6.04 Å². The first-order valence-corrected chi connectivity index (χ1v) is 3.66. The fourth-order valence-electron chi connectivity index (χ4n) is 1.33. The highest BCUT2D eigenvalue weighted by molar-refractivity contribution is 5.85. The van der Waals surface area contributed by atoms with E-state index in [9.17, 15) is 0 Å². The van der Waals surface area contributed by atoms with Gasteiger partial charge in [-0.25, -0.2) is 0 Å². The van der Waals surface area contributed by atoms with E-state index in [1.54, 1.807) is 0 Å². The van der Waals surface area contributed by atoms with Gasteiger partial charge in [0.05, 0.1) is 0 Å². The lowest BCUT2D eigenvalue weighted by molar-refractivity contribution is 0.286. The van der Waals surface area contributed by atoms with Crippen LogP contribution in [0.15, 0.2) is 24.3 Å². The van der Waals surface area contributed by atoms with Crippen LogP contribution in [-0.2, 0) is 0 Å². The summed E-state index contributed by atoms with van der Waals surface area (Å²) in [4.78, 5) is 2.27. The van der Waals surface area contributed by atoms with Crippen molar-refractivity contribution in [3.05, 3.63) is 24.3 Å². The van der Waals surface area contributed by atoms with Crippen LogP contribution in [0.3, 0.4) is 0 Å². The number of hydrogen-bond donors (Lipinski definition) is 0. The minimum absolute atomic E-state index is 0. The summed E-state index contributed by atoms with van der Waals surface area (Å²) >= 11 is 0. The Labute approximate surface area is 75.2 Å². The lowest BCUT2D eigenvalue weighted by Gasteiger charge is -2.32. The van der Waals surface area contributed by atoms with Gasteiger partial charge in [-0.2, -0.15) is 0 Å². The topological polar surface area (TPSA) is 3.24 Å². The van der Waals surface area contributed by atoms with Gasteiger partial charge in [0.2, 0.25) is 0 Å². The Hall–Kier alpha value is -0.270. The quantitative estimate of drug-likeness (QED) is 0.508. The molecular weight excluding hydrogens is 158 g/mol. The minimum atomic E-state index is 0. The number of hydrogen-bond acceptors (Lipinski definition) is 1. The summed E-state index contributed by atoms with van der Waals surface area (Å²) < 4.78 is 0. The van der Waals surface area contributed by atoms with Gasteiger partial charge in [-0.1, -0.05) is 24.3 Å². The molecule has 0 aromatic rings. The Morgan fingerprint density at radius 1 is 1.45 bits per heavy atom. The Kier molecular flexibility index (Phi) is 3.84. The number of likely N-dealkylation sites (N-methyl/N-ethyl adjacent to an activating group) is 1. The summed E-state index contributed by atoms with van der Waals surface area (Å²) in [5.74, 6) is 0. The van der Waals surface area contributed by atoms with Gasteiger partial charge < -0.3 is 0 Å². The second-order valence-electron chi connectivity index (χ2n) is 3.18. The molecule has 0 aromatic heterocycles. The van der Waals surface area contributed by atoms with E-state index in [2.05, 4.69) is 32.0 Å². The van der Waals surface area contributed by atoms with E-state index >= 15 is 0 Å². The first kappa shape index (κ1) is 10.7. The second-order valence-corrected chi connectivity index (χ2v) is 3.18. The molecule has 1 aliphatic heterocycles. The molecule has 1 nitrogen and oxygen atoms in total. The highest BCUT2D eigenvalue weighted by atomic mass is 35.5. The fraction of sp³-hybridized carbons (Fsp3) is 0.556.